The molecule has 1 N–H and O–H groups in total. The first-order chi connectivity index (χ1) is 14.1. The molecule has 0 spiro atoms. The largest absolute Gasteiger partial charge is 0.490 e. The number of piperidine rings is 1. The fraction of sp³-hybridized carbons (Fsp3) is 0.458. The summed E-state index contributed by atoms with van der Waals surface area (Å²) in [5, 5.41) is 9.22. The smallest absolute Gasteiger partial charge is 0.253 e. The van der Waals surface area contributed by atoms with E-state index in [1.807, 2.05) is 19.1 Å². The van der Waals surface area contributed by atoms with Crippen molar-refractivity contribution in [3.05, 3.63) is 65.7 Å². The molecule has 0 aromatic heterocycles. The number of benzene rings is 2. The first-order valence-corrected chi connectivity index (χ1v) is 10.5. The standard InChI is InChI=1S/C24H32N2O3/c1-19(18-27)25(2)24(28)21-8-10-22(11-9-21)29-23-13-16-26(17-14-23)15-12-20-6-4-3-5-7-20/h3-11,19,23,27H,12-18H2,1-2H3/t19-/m0/s1. The van der Waals surface area contributed by atoms with Crippen LogP contribution in [0.2, 0.25) is 0 Å². The van der Waals surface area contributed by atoms with E-state index in [0.717, 1.165) is 44.6 Å². The molecule has 5 nitrogen and oxygen atoms in total. The molecule has 29 heavy (non-hydrogen) atoms. The third kappa shape index (κ3) is 6.05. The van der Waals surface area contributed by atoms with Gasteiger partial charge in [-0.1, -0.05) is 30.3 Å². The van der Waals surface area contributed by atoms with Crippen LogP contribution in [0.25, 0.3) is 0 Å². The van der Waals surface area contributed by atoms with Crippen molar-refractivity contribution >= 4 is 5.91 Å². The summed E-state index contributed by atoms with van der Waals surface area (Å²) in [5.74, 6) is 0.715. The molecular formula is C24H32N2O3. The van der Waals surface area contributed by atoms with E-state index in [0.29, 0.717) is 5.56 Å². The number of carbonyl (C=O) groups is 1. The summed E-state index contributed by atoms with van der Waals surface area (Å²) < 4.78 is 6.14. The van der Waals surface area contributed by atoms with Crippen LogP contribution in [0.3, 0.4) is 0 Å². The molecule has 5 heteroatoms. The number of amides is 1. The Bertz CT molecular complexity index is 755. The van der Waals surface area contributed by atoms with Crippen LogP contribution in [-0.2, 0) is 6.42 Å². The molecule has 0 aliphatic carbocycles. The van der Waals surface area contributed by atoms with Gasteiger partial charge in [-0.25, -0.2) is 0 Å². The first kappa shape index (κ1) is 21.3. The van der Waals surface area contributed by atoms with Gasteiger partial charge in [0.1, 0.15) is 11.9 Å². The zero-order valence-corrected chi connectivity index (χ0v) is 17.5. The van der Waals surface area contributed by atoms with Crippen molar-refractivity contribution in [1.29, 1.82) is 0 Å². The third-order valence-electron chi connectivity index (χ3n) is 5.74. The molecule has 1 aliphatic rings. The molecule has 0 saturated carbocycles. The Morgan fingerprint density at radius 2 is 1.79 bits per heavy atom. The zero-order valence-electron chi connectivity index (χ0n) is 17.5. The minimum absolute atomic E-state index is 0.0481. The van der Waals surface area contributed by atoms with Gasteiger partial charge in [0.25, 0.3) is 5.91 Å². The second-order valence-corrected chi connectivity index (χ2v) is 7.87. The van der Waals surface area contributed by atoms with Crippen LogP contribution in [0.15, 0.2) is 54.6 Å². The van der Waals surface area contributed by atoms with Crippen LogP contribution in [0, 0.1) is 0 Å². The number of aliphatic hydroxyl groups excluding tert-OH is 1. The Morgan fingerprint density at radius 3 is 2.41 bits per heavy atom. The lowest BCUT2D eigenvalue weighted by Gasteiger charge is -2.32. The van der Waals surface area contributed by atoms with Crippen molar-refractivity contribution < 1.29 is 14.6 Å². The van der Waals surface area contributed by atoms with E-state index >= 15 is 0 Å². The molecule has 1 fully saturated rings. The van der Waals surface area contributed by atoms with Crippen molar-refractivity contribution in [3.63, 3.8) is 0 Å². The Hall–Kier alpha value is -2.37. The Morgan fingerprint density at radius 1 is 1.14 bits per heavy atom. The lowest BCUT2D eigenvalue weighted by atomic mass is 10.1. The highest BCUT2D eigenvalue weighted by Crippen LogP contribution is 2.20. The summed E-state index contributed by atoms with van der Waals surface area (Å²) in [4.78, 5) is 16.5. The maximum absolute atomic E-state index is 12.4. The van der Waals surface area contributed by atoms with E-state index in [4.69, 9.17) is 4.74 Å². The molecule has 2 aromatic carbocycles. The molecule has 1 aliphatic heterocycles. The van der Waals surface area contributed by atoms with E-state index < -0.39 is 0 Å². The fourth-order valence-electron chi connectivity index (χ4n) is 3.58. The minimum Gasteiger partial charge on any atom is -0.490 e. The molecule has 1 atom stereocenters. The van der Waals surface area contributed by atoms with Gasteiger partial charge in [0, 0.05) is 32.2 Å². The minimum atomic E-state index is -0.203. The van der Waals surface area contributed by atoms with Crippen LogP contribution < -0.4 is 4.74 Å². The quantitative estimate of drug-likeness (QED) is 0.744. The van der Waals surface area contributed by atoms with Crippen LogP contribution in [0.5, 0.6) is 5.75 Å². The number of likely N-dealkylation sites (N-methyl/N-ethyl adjacent to an activating group) is 1. The highest BCUT2D eigenvalue weighted by molar-refractivity contribution is 5.94. The maximum atomic E-state index is 12.4. The number of ether oxygens (including phenoxy) is 1. The Labute approximate surface area is 173 Å². The lowest BCUT2D eigenvalue weighted by Crippen LogP contribution is -2.39. The highest BCUT2D eigenvalue weighted by Gasteiger charge is 2.21. The van der Waals surface area contributed by atoms with Crippen molar-refractivity contribution in [2.24, 2.45) is 0 Å². The summed E-state index contributed by atoms with van der Waals surface area (Å²) >= 11 is 0. The number of aliphatic hydroxyl groups is 1. The monoisotopic (exact) mass is 396 g/mol. The topological polar surface area (TPSA) is 53.0 Å². The van der Waals surface area contributed by atoms with E-state index in [1.165, 1.54) is 5.56 Å². The van der Waals surface area contributed by atoms with Crippen LogP contribution in [0.1, 0.15) is 35.7 Å². The molecule has 0 bridgehead atoms. The highest BCUT2D eigenvalue weighted by atomic mass is 16.5. The molecule has 1 amide bonds. The SMILES string of the molecule is C[C@@H](CO)N(C)C(=O)c1ccc(OC2CCN(CCc3ccccc3)CC2)cc1. The zero-order chi connectivity index (χ0) is 20.6. The molecule has 156 valence electrons. The summed E-state index contributed by atoms with van der Waals surface area (Å²) in [6.07, 6.45) is 3.35. The summed E-state index contributed by atoms with van der Waals surface area (Å²) in [6, 6.07) is 17.8. The fourth-order valence-corrected chi connectivity index (χ4v) is 3.58. The number of nitrogens with zero attached hydrogens (tertiary/aromatic N) is 2. The molecule has 3 rings (SSSR count). The normalized spacial score (nSPS) is 16.4. The van der Waals surface area contributed by atoms with E-state index in [9.17, 15) is 9.90 Å². The van der Waals surface area contributed by atoms with Gasteiger partial charge in [-0.05, 0) is 56.0 Å². The maximum Gasteiger partial charge on any atom is 0.253 e. The van der Waals surface area contributed by atoms with Gasteiger partial charge in [0.15, 0.2) is 0 Å². The van der Waals surface area contributed by atoms with Gasteiger partial charge in [-0.15, -0.1) is 0 Å². The van der Waals surface area contributed by atoms with E-state index in [2.05, 4.69) is 35.2 Å². The molecular weight excluding hydrogens is 364 g/mol. The lowest BCUT2D eigenvalue weighted by molar-refractivity contribution is 0.0682. The molecule has 1 heterocycles. The molecule has 0 unspecified atom stereocenters. The van der Waals surface area contributed by atoms with Gasteiger partial charge in [0.05, 0.1) is 12.6 Å². The number of likely N-dealkylation sites (tertiary alicyclic amines) is 1. The van der Waals surface area contributed by atoms with E-state index in [-0.39, 0.29) is 24.7 Å². The van der Waals surface area contributed by atoms with Gasteiger partial charge < -0.3 is 19.6 Å². The summed E-state index contributed by atoms with van der Waals surface area (Å²) in [5.41, 5.74) is 2.00. The Balaban J connectivity index is 1.44. The van der Waals surface area contributed by atoms with Crippen LogP contribution >= 0.6 is 0 Å². The van der Waals surface area contributed by atoms with Crippen molar-refractivity contribution in [2.45, 2.75) is 38.3 Å². The average molecular weight is 397 g/mol. The predicted octanol–water partition coefficient (Wildman–Crippen LogP) is 3.23. The second-order valence-electron chi connectivity index (χ2n) is 7.87. The van der Waals surface area contributed by atoms with Crippen molar-refractivity contribution in [3.8, 4) is 5.75 Å². The summed E-state index contributed by atoms with van der Waals surface area (Å²) in [6.45, 7) is 4.97. The summed E-state index contributed by atoms with van der Waals surface area (Å²) in [7, 11) is 1.71. The van der Waals surface area contributed by atoms with Crippen molar-refractivity contribution in [1.82, 2.24) is 9.80 Å². The first-order valence-electron chi connectivity index (χ1n) is 10.5. The van der Waals surface area contributed by atoms with E-state index in [1.54, 1.807) is 24.1 Å². The van der Waals surface area contributed by atoms with Gasteiger partial charge >= 0.3 is 0 Å². The number of hydrogen-bond donors (Lipinski definition) is 1. The van der Waals surface area contributed by atoms with Crippen molar-refractivity contribution in [2.75, 3.05) is 33.3 Å². The van der Waals surface area contributed by atoms with Gasteiger partial charge in [0.2, 0.25) is 0 Å². The molecule has 1 saturated heterocycles. The number of hydrogen-bond acceptors (Lipinski definition) is 4. The number of rotatable bonds is 8. The van der Waals surface area contributed by atoms with Gasteiger partial charge in [-0.2, -0.15) is 0 Å². The predicted molar refractivity (Wildman–Crippen MR) is 115 cm³/mol. The van der Waals surface area contributed by atoms with Crippen LogP contribution in [0.4, 0.5) is 0 Å². The second kappa shape index (κ2) is 10.4. The molecule has 2 aromatic rings. The van der Waals surface area contributed by atoms with Gasteiger partial charge in [-0.3, -0.25) is 4.79 Å². The van der Waals surface area contributed by atoms with Crippen LogP contribution in [-0.4, -0.2) is 66.2 Å². The molecule has 0 radical (unpaired) electrons. The Kier molecular flexibility index (Phi) is 7.67. The third-order valence-corrected chi connectivity index (χ3v) is 5.74. The number of carbonyl (C=O) groups excluding carboxylic acids is 1. The average Bonchev–Trinajstić information content (AvgIpc) is 2.78.